The number of rotatable bonds is 6. The fourth-order valence-electron chi connectivity index (χ4n) is 0.833. The third-order valence-electron chi connectivity index (χ3n) is 1.48. The summed E-state index contributed by atoms with van der Waals surface area (Å²) in [6.45, 7) is 3.42. The Labute approximate surface area is 119 Å². The van der Waals surface area contributed by atoms with Crippen molar-refractivity contribution in [2.75, 3.05) is 0 Å². The van der Waals surface area contributed by atoms with Gasteiger partial charge in [0.2, 0.25) is 0 Å². The first-order valence-electron chi connectivity index (χ1n) is 3.61. The SMILES string of the molecule is C=CCCC(CC(=O)[O-])C(=O)O.[K+]. The predicted molar refractivity (Wildman–Crippen MR) is 40.2 cm³/mol. The zero-order valence-corrected chi connectivity index (χ0v) is 10.8. The molecule has 0 spiro atoms. The Morgan fingerprint density at radius 1 is 1.54 bits per heavy atom. The molecular formula is C8H11KO4. The van der Waals surface area contributed by atoms with Crippen LogP contribution in [0.1, 0.15) is 19.3 Å². The molecule has 0 radical (unpaired) electrons. The van der Waals surface area contributed by atoms with Crippen LogP contribution in [-0.4, -0.2) is 17.0 Å². The second kappa shape index (κ2) is 8.89. The van der Waals surface area contributed by atoms with Crippen LogP contribution in [0.4, 0.5) is 0 Å². The molecule has 0 aromatic rings. The molecule has 13 heavy (non-hydrogen) atoms. The first-order valence-corrected chi connectivity index (χ1v) is 3.61. The summed E-state index contributed by atoms with van der Waals surface area (Å²) in [5.74, 6) is -3.28. The Balaban J connectivity index is 0. The van der Waals surface area contributed by atoms with Crippen LogP contribution >= 0.6 is 0 Å². The summed E-state index contributed by atoms with van der Waals surface area (Å²) in [6, 6.07) is 0. The minimum Gasteiger partial charge on any atom is -0.550 e. The summed E-state index contributed by atoms with van der Waals surface area (Å²) in [5.41, 5.74) is 0. The number of allylic oxidation sites excluding steroid dienone is 1. The van der Waals surface area contributed by atoms with Crippen LogP contribution in [0.5, 0.6) is 0 Å². The third-order valence-corrected chi connectivity index (χ3v) is 1.48. The van der Waals surface area contributed by atoms with E-state index < -0.39 is 24.3 Å². The molecule has 0 heterocycles. The van der Waals surface area contributed by atoms with Crippen LogP contribution in [0.3, 0.4) is 0 Å². The van der Waals surface area contributed by atoms with Crippen molar-refractivity contribution >= 4 is 11.9 Å². The minimum atomic E-state index is -1.33. The maximum Gasteiger partial charge on any atom is 1.00 e. The Kier molecular flexibility index (Phi) is 10.8. The molecule has 4 nitrogen and oxygen atoms in total. The van der Waals surface area contributed by atoms with Gasteiger partial charge >= 0.3 is 57.4 Å². The molecule has 0 aromatic carbocycles. The standard InChI is InChI=1S/C8H12O4.K/c1-2-3-4-6(8(11)12)5-7(9)10;/h2,6H,1,3-5H2,(H,9,10)(H,11,12);/q;+1/p-1. The van der Waals surface area contributed by atoms with E-state index in [0.717, 1.165) is 0 Å². The molecule has 0 amide bonds. The van der Waals surface area contributed by atoms with E-state index in [0.29, 0.717) is 12.8 Å². The Hall–Kier alpha value is 0.316. The van der Waals surface area contributed by atoms with Gasteiger partial charge < -0.3 is 15.0 Å². The van der Waals surface area contributed by atoms with Gasteiger partial charge in [-0.25, -0.2) is 0 Å². The number of carboxylic acid groups (broad SMARTS) is 2. The fraction of sp³-hybridized carbons (Fsp3) is 0.500. The van der Waals surface area contributed by atoms with E-state index in [2.05, 4.69) is 6.58 Å². The van der Waals surface area contributed by atoms with E-state index in [1.165, 1.54) is 0 Å². The monoisotopic (exact) mass is 210 g/mol. The quantitative estimate of drug-likeness (QED) is 0.370. The van der Waals surface area contributed by atoms with Gasteiger partial charge in [-0.15, -0.1) is 6.58 Å². The molecule has 0 aliphatic heterocycles. The second-order valence-electron chi connectivity index (χ2n) is 2.48. The summed E-state index contributed by atoms with van der Waals surface area (Å²) >= 11 is 0. The van der Waals surface area contributed by atoms with Crippen molar-refractivity contribution < 1.29 is 71.2 Å². The topological polar surface area (TPSA) is 77.4 Å². The average Bonchev–Trinajstić information content (AvgIpc) is 1.96. The van der Waals surface area contributed by atoms with Gasteiger partial charge in [-0.1, -0.05) is 6.08 Å². The summed E-state index contributed by atoms with van der Waals surface area (Å²) in [6.07, 6.45) is 1.94. The van der Waals surface area contributed by atoms with Crippen LogP contribution in [-0.2, 0) is 9.59 Å². The van der Waals surface area contributed by atoms with Crippen molar-refractivity contribution in [3.63, 3.8) is 0 Å². The maximum absolute atomic E-state index is 10.4. The van der Waals surface area contributed by atoms with Crippen LogP contribution < -0.4 is 56.5 Å². The van der Waals surface area contributed by atoms with E-state index in [4.69, 9.17) is 5.11 Å². The third kappa shape index (κ3) is 8.64. The second-order valence-corrected chi connectivity index (χ2v) is 2.48. The summed E-state index contributed by atoms with van der Waals surface area (Å²) in [4.78, 5) is 20.5. The van der Waals surface area contributed by atoms with Crippen LogP contribution in [0.15, 0.2) is 12.7 Å². The zero-order valence-electron chi connectivity index (χ0n) is 7.66. The molecule has 5 heteroatoms. The molecule has 1 atom stereocenters. The average molecular weight is 210 g/mol. The molecule has 1 N–H and O–H groups in total. The number of aliphatic carboxylic acids is 2. The minimum absolute atomic E-state index is 0. The maximum atomic E-state index is 10.4. The van der Waals surface area contributed by atoms with Crippen molar-refractivity contribution in [3.8, 4) is 0 Å². The van der Waals surface area contributed by atoms with Gasteiger partial charge in [0.15, 0.2) is 0 Å². The molecular weight excluding hydrogens is 199 g/mol. The molecule has 0 rings (SSSR count). The van der Waals surface area contributed by atoms with Gasteiger partial charge in [0.25, 0.3) is 0 Å². The molecule has 1 unspecified atom stereocenters. The normalized spacial score (nSPS) is 11.1. The van der Waals surface area contributed by atoms with Gasteiger partial charge in [0.1, 0.15) is 0 Å². The molecule has 68 valence electrons. The Morgan fingerprint density at radius 2 is 2.08 bits per heavy atom. The van der Waals surface area contributed by atoms with Crippen molar-refractivity contribution in [1.82, 2.24) is 0 Å². The van der Waals surface area contributed by atoms with Crippen LogP contribution in [0, 0.1) is 5.92 Å². The smallest absolute Gasteiger partial charge is 0.550 e. The molecule has 0 saturated heterocycles. The summed E-state index contributed by atoms with van der Waals surface area (Å²) < 4.78 is 0. The number of carbonyl (C=O) groups is 2. The van der Waals surface area contributed by atoms with Crippen molar-refractivity contribution in [1.29, 1.82) is 0 Å². The van der Waals surface area contributed by atoms with Crippen LogP contribution in [0.2, 0.25) is 0 Å². The zero-order chi connectivity index (χ0) is 9.56. The van der Waals surface area contributed by atoms with Gasteiger partial charge in [0, 0.05) is 12.4 Å². The summed E-state index contributed by atoms with van der Waals surface area (Å²) in [5, 5.41) is 18.6. The molecule has 0 aliphatic carbocycles. The van der Waals surface area contributed by atoms with Gasteiger partial charge in [0.05, 0.1) is 5.92 Å². The molecule has 0 fully saturated rings. The largest absolute Gasteiger partial charge is 1.00 e. The van der Waals surface area contributed by atoms with Crippen LogP contribution in [0.25, 0.3) is 0 Å². The Morgan fingerprint density at radius 3 is 2.38 bits per heavy atom. The molecule has 0 aromatic heterocycles. The number of carboxylic acids is 2. The number of hydrogen-bond acceptors (Lipinski definition) is 3. The van der Waals surface area contributed by atoms with E-state index in [-0.39, 0.29) is 51.4 Å². The first kappa shape index (κ1) is 15.8. The summed E-state index contributed by atoms with van der Waals surface area (Å²) in [7, 11) is 0. The predicted octanol–water partition coefficient (Wildman–Crippen LogP) is -3.20. The first-order chi connectivity index (χ1) is 5.57. The Bertz CT molecular complexity index is 191. The van der Waals surface area contributed by atoms with E-state index in [9.17, 15) is 14.7 Å². The van der Waals surface area contributed by atoms with E-state index in [1.54, 1.807) is 6.08 Å². The van der Waals surface area contributed by atoms with Crippen molar-refractivity contribution in [3.05, 3.63) is 12.7 Å². The molecule has 0 bridgehead atoms. The van der Waals surface area contributed by atoms with Gasteiger partial charge in [-0.2, -0.15) is 0 Å². The fourth-order valence-corrected chi connectivity index (χ4v) is 0.833. The van der Waals surface area contributed by atoms with Gasteiger partial charge in [-0.05, 0) is 12.8 Å². The van der Waals surface area contributed by atoms with E-state index in [1.807, 2.05) is 0 Å². The van der Waals surface area contributed by atoms with Crippen molar-refractivity contribution in [2.45, 2.75) is 19.3 Å². The molecule has 0 aliphatic rings. The number of hydrogen-bond donors (Lipinski definition) is 1. The van der Waals surface area contributed by atoms with Gasteiger partial charge in [-0.3, -0.25) is 4.79 Å². The molecule has 0 saturated carbocycles. The number of carbonyl (C=O) groups excluding carboxylic acids is 1. The van der Waals surface area contributed by atoms with E-state index >= 15 is 0 Å². The van der Waals surface area contributed by atoms with Crippen molar-refractivity contribution in [2.24, 2.45) is 5.92 Å².